The highest BCUT2D eigenvalue weighted by molar-refractivity contribution is 5.58. The molecule has 0 radical (unpaired) electrons. The molecular formula is C13H15FN4O. The zero-order chi connectivity index (χ0) is 13.5. The molecule has 2 rings (SSSR count). The van der Waals surface area contributed by atoms with Gasteiger partial charge in [0.15, 0.2) is 0 Å². The van der Waals surface area contributed by atoms with Gasteiger partial charge >= 0.3 is 0 Å². The van der Waals surface area contributed by atoms with Crippen LogP contribution in [-0.2, 0) is 4.74 Å². The van der Waals surface area contributed by atoms with E-state index in [-0.39, 0.29) is 5.82 Å². The Labute approximate surface area is 110 Å². The van der Waals surface area contributed by atoms with E-state index in [9.17, 15) is 4.39 Å². The van der Waals surface area contributed by atoms with Gasteiger partial charge in [-0.05, 0) is 18.2 Å². The molecule has 2 N–H and O–H groups in total. The van der Waals surface area contributed by atoms with Crippen molar-refractivity contribution in [2.75, 3.05) is 30.9 Å². The predicted octanol–water partition coefficient (Wildman–Crippen LogP) is 2.42. The lowest BCUT2D eigenvalue weighted by Crippen LogP contribution is -2.09. The second kappa shape index (κ2) is 6.65. The highest BCUT2D eigenvalue weighted by atomic mass is 19.1. The fraction of sp³-hybridized carbons (Fsp3) is 0.231. The van der Waals surface area contributed by atoms with Crippen molar-refractivity contribution in [3.63, 3.8) is 0 Å². The summed E-state index contributed by atoms with van der Waals surface area (Å²) >= 11 is 0. The van der Waals surface area contributed by atoms with Gasteiger partial charge < -0.3 is 15.4 Å². The van der Waals surface area contributed by atoms with Gasteiger partial charge in [-0.2, -0.15) is 0 Å². The van der Waals surface area contributed by atoms with E-state index in [4.69, 9.17) is 4.74 Å². The minimum absolute atomic E-state index is 0.294. The van der Waals surface area contributed by atoms with Gasteiger partial charge in [-0.25, -0.2) is 14.4 Å². The van der Waals surface area contributed by atoms with Gasteiger partial charge in [0, 0.05) is 25.4 Å². The summed E-state index contributed by atoms with van der Waals surface area (Å²) < 4.78 is 18.0. The van der Waals surface area contributed by atoms with Crippen molar-refractivity contribution in [2.45, 2.75) is 0 Å². The van der Waals surface area contributed by atoms with E-state index in [1.807, 2.05) is 0 Å². The highest BCUT2D eigenvalue weighted by Crippen LogP contribution is 2.16. The Morgan fingerprint density at radius 3 is 2.84 bits per heavy atom. The van der Waals surface area contributed by atoms with Crippen LogP contribution in [0.15, 0.2) is 36.7 Å². The number of methoxy groups -OCH3 is 1. The average Bonchev–Trinajstić information content (AvgIpc) is 2.39. The summed E-state index contributed by atoms with van der Waals surface area (Å²) in [6.45, 7) is 1.25. The van der Waals surface area contributed by atoms with Crippen LogP contribution in [0.3, 0.4) is 0 Å². The number of rotatable bonds is 6. The highest BCUT2D eigenvalue weighted by Gasteiger charge is 2.00. The molecule has 0 unspecified atom stereocenters. The van der Waals surface area contributed by atoms with Crippen molar-refractivity contribution in [3.05, 3.63) is 42.5 Å². The largest absolute Gasteiger partial charge is 0.383 e. The first-order valence-corrected chi connectivity index (χ1v) is 5.85. The smallest absolute Gasteiger partial charge is 0.135 e. The number of anilines is 3. The molecule has 0 atom stereocenters. The van der Waals surface area contributed by atoms with Crippen molar-refractivity contribution in [3.8, 4) is 0 Å². The lowest BCUT2D eigenvalue weighted by Gasteiger charge is -2.08. The Morgan fingerprint density at radius 1 is 1.21 bits per heavy atom. The van der Waals surface area contributed by atoms with E-state index in [0.29, 0.717) is 30.5 Å². The molecule has 5 nitrogen and oxygen atoms in total. The minimum atomic E-state index is -0.294. The second-order valence-corrected chi connectivity index (χ2v) is 3.84. The summed E-state index contributed by atoms with van der Waals surface area (Å²) in [6.07, 6.45) is 1.44. The molecule has 1 aromatic carbocycles. The van der Waals surface area contributed by atoms with Crippen LogP contribution < -0.4 is 10.6 Å². The quantitative estimate of drug-likeness (QED) is 0.783. The Hall–Kier alpha value is -2.21. The van der Waals surface area contributed by atoms with Crippen molar-refractivity contribution in [1.29, 1.82) is 0 Å². The third kappa shape index (κ3) is 4.18. The molecule has 0 bridgehead atoms. The SMILES string of the molecule is COCCNc1cc(Nc2cccc(F)c2)ncn1. The fourth-order valence-electron chi connectivity index (χ4n) is 1.52. The molecule has 0 spiro atoms. The van der Waals surface area contributed by atoms with E-state index in [2.05, 4.69) is 20.6 Å². The van der Waals surface area contributed by atoms with Crippen molar-refractivity contribution in [1.82, 2.24) is 9.97 Å². The van der Waals surface area contributed by atoms with E-state index in [1.165, 1.54) is 18.5 Å². The summed E-state index contributed by atoms with van der Waals surface area (Å²) in [5, 5.41) is 6.11. The van der Waals surface area contributed by atoms with Crippen molar-refractivity contribution >= 4 is 17.3 Å². The molecule has 6 heteroatoms. The third-order valence-electron chi connectivity index (χ3n) is 2.38. The van der Waals surface area contributed by atoms with Gasteiger partial charge in [-0.15, -0.1) is 0 Å². The molecule has 0 aliphatic rings. The van der Waals surface area contributed by atoms with E-state index in [1.54, 1.807) is 25.3 Å². The molecule has 19 heavy (non-hydrogen) atoms. The summed E-state index contributed by atoms with van der Waals surface area (Å²) in [5.41, 5.74) is 0.640. The number of benzene rings is 1. The van der Waals surface area contributed by atoms with Crippen LogP contribution >= 0.6 is 0 Å². The first-order valence-electron chi connectivity index (χ1n) is 5.85. The summed E-state index contributed by atoms with van der Waals surface area (Å²) in [7, 11) is 1.64. The maximum absolute atomic E-state index is 13.1. The van der Waals surface area contributed by atoms with Crippen LogP contribution in [0.5, 0.6) is 0 Å². The molecule has 1 heterocycles. The van der Waals surface area contributed by atoms with Gasteiger partial charge in [0.2, 0.25) is 0 Å². The molecule has 0 saturated carbocycles. The first-order chi connectivity index (χ1) is 9.28. The topological polar surface area (TPSA) is 59.1 Å². The molecule has 2 aromatic rings. The number of hydrogen-bond donors (Lipinski definition) is 2. The predicted molar refractivity (Wildman–Crippen MR) is 72.1 cm³/mol. The first kappa shape index (κ1) is 13.2. The second-order valence-electron chi connectivity index (χ2n) is 3.84. The van der Waals surface area contributed by atoms with Crippen molar-refractivity contribution < 1.29 is 9.13 Å². The number of nitrogens with one attached hydrogen (secondary N) is 2. The van der Waals surface area contributed by atoms with Crippen LogP contribution in [-0.4, -0.2) is 30.2 Å². The minimum Gasteiger partial charge on any atom is -0.383 e. The molecule has 0 aliphatic heterocycles. The summed E-state index contributed by atoms with van der Waals surface area (Å²) in [4.78, 5) is 8.16. The number of hydrogen-bond acceptors (Lipinski definition) is 5. The van der Waals surface area contributed by atoms with E-state index in [0.717, 1.165) is 0 Å². The van der Waals surface area contributed by atoms with Crippen LogP contribution in [0.25, 0.3) is 0 Å². The number of ether oxygens (including phenoxy) is 1. The molecule has 100 valence electrons. The molecule has 0 saturated heterocycles. The monoisotopic (exact) mass is 262 g/mol. The van der Waals surface area contributed by atoms with Crippen LogP contribution in [0, 0.1) is 5.82 Å². The number of aromatic nitrogens is 2. The summed E-state index contributed by atoms with van der Waals surface area (Å²) in [5.74, 6) is 0.990. The maximum Gasteiger partial charge on any atom is 0.135 e. The Morgan fingerprint density at radius 2 is 2.05 bits per heavy atom. The zero-order valence-electron chi connectivity index (χ0n) is 10.6. The molecule has 0 fully saturated rings. The van der Waals surface area contributed by atoms with Gasteiger partial charge in [0.25, 0.3) is 0 Å². The standard InChI is InChI=1S/C13H15FN4O/c1-19-6-5-15-12-8-13(17-9-16-12)18-11-4-2-3-10(14)7-11/h2-4,7-9H,5-6H2,1H3,(H2,15,16,17,18). The maximum atomic E-state index is 13.1. The molecule has 0 amide bonds. The van der Waals surface area contributed by atoms with Gasteiger partial charge in [-0.3, -0.25) is 0 Å². The Balaban J connectivity index is 2.02. The van der Waals surface area contributed by atoms with Gasteiger partial charge in [-0.1, -0.05) is 6.07 Å². The lowest BCUT2D eigenvalue weighted by molar-refractivity contribution is 0.210. The summed E-state index contributed by atoms with van der Waals surface area (Å²) in [6, 6.07) is 7.95. The lowest BCUT2D eigenvalue weighted by atomic mass is 10.3. The Kier molecular flexibility index (Phi) is 4.63. The normalized spacial score (nSPS) is 10.2. The van der Waals surface area contributed by atoms with Crippen LogP contribution in [0.2, 0.25) is 0 Å². The molecular weight excluding hydrogens is 247 g/mol. The third-order valence-corrected chi connectivity index (χ3v) is 2.38. The molecule has 0 aliphatic carbocycles. The van der Waals surface area contributed by atoms with Gasteiger partial charge in [0.1, 0.15) is 23.8 Å². The number of nitrogens with zero attached hydrogens (tertiary/aromatic N) is 2. The number of halogens is 1. The van der Waals surface area contributed by atoms with E-state index < -0.39 is 0 Å². The van der Waals surface area contributed by atoms with E-state index >= 15 is 0 Å². The zero-order valence-corrected chi connectivity index (χ0v) is 10.6. The van der Waals surface area contributed by atoms with Crippen LogP contribution in [0.4, 0.5) is 21.7 Å². The van der Waals surface area contributed by atoms with Crippen molar-refractivity contribution in [2.24, 2.45) is 0 Å². The van der Waals surface area contributed by atoms with Gasteiger partial charge in [0.05, 0.1) is 6.61 Å². The average molecular weight is 262 g/mol. The Bertz CT molecular complexity index is 536. The molecule has 1 aromatic heterocycles. The van der Waals surface area contributed by atoms with Crippen LogP contribution in [0.1, 0.15) is 0 Å². The fourth-order valence-corrected chi connectivity index (χ4v) is 1.52.